The zero-order valence-corrected chi connectivity index (χ0v) is 7.50. The zero-order valence-electron chi connectivity index (χ0n) is 5.11. The van der Waals surface area contributed by atoms with Crippen LogP contribution in [0.4, 0.5) is 0 Å². The lowest BCUT2D eigenvalue weighted by Crippen LogP contribution is -1.89. The van der Waals surface area contributed by atoms with Crippen LogP contribution >= 0.6 is 22.0 Å². The van der Waals surface area contributed by atoms with Gasteiger partial charge in [0, 0.05) is 21.4 Å². The molecule has 11 heavy (non-hydrogen) atoms. The molecule has 1 heterocycles. The lowest BCUT2D eigenvalue weighted by Gasteiger charge is -1.87. The quantitative estimate of drug-likeness (QED) is 0.657. The van der Waals surface area contributed by atoms with Gasteiger partial charge in [-0.2, -0.15) is 5.26 Å². The molecule has 0 spiro atoms. The predicted octanol–water partition coefficient (Wildman–Crippen LogP) is 1.55. The van der Waals surface area contributed by atoms with Crippen molar-refractivity contribution in [1.29, 1.82) is 5.26 Å². The highest BCUT2D eigenvalue weighted by Crippen LogP contribution is 2.22. The average Bonchev–Trinajstić information content (AvgIpc) is 2.31. The monoisotopic (exact) mass is 207 g/mol. The third-order valence-electron chi connectivity index (χ3n) is 1.01. The highest BCUT2D eigenvalue weighted by atomic mass is 35.7. The molecule has 3 nitrogen and oxygen atoms in total. The van der Waals surface area contributed by atoms with Crippen LogP contribution in [0.5, 0.6) is 0 Å². The third-order valence-corrected chi connectivity index (χ3v) is 3.26. The van der Waals surface area contributed by atoms with Crippen molar-refractivity contribution in [2.45, 2.75) is 4.90 Å². The molecule has 0 fully saturated rings. The minimum Gasteiger partial charge on any atom is -0.207 e. The van der Waals surface area contributed by atoms with Gasteiger partial charge < -0.3 is 0 Å². The summed E-state index contributed by atoms with van der Waals surface area (Å²) in [5.41, 5.74) is 0.102. The van der Waals surface area contributed by atoms with Crippen LogP contribution in [0, 0.1) is 11.3 Å². The van der Waals surface area contributed by atoms with E-state index in [1.807, 2.05) is 0 Å². The topological polar surface area (TPSA) is 57.9 Å². The highest BCUT2D eigenvalue weighted by Gasteiger charge is 2.15. The Labute approximate surface area is 72.3 Å². The summed E-state index contributed by atoms with van der Waals surface area (Å²) in [6.07, 6.45) is 0. The molecule has 0 N–H and O–H groups in total. The van der Waals surface area contributed by atoms with Crippen molar-refractivity contribution in [3.05, 3.63) is 16.3 Å². The first-order valence-corrected chi connectivity index (χ1v) is 5.72. The van der Waals surface area contributed by atoms with Gasteiger partial charge in [0.2, 0.25) is 0 Å². The van der Waals surface area contributed by atoms with Crippen LogP contribution in [0.15, 0.2) is 15.7 Å². The minimum absolute atomic E-state index is 0.102. The molecule has 0 atom stereocenters. The summed E-state index contributed by atoms with van der Waals surface area (Å²) in [7, 11) is 1.27. The summed E-state index contributed by atoms with van der Waals surface area (Å²) >= 11 is 1.13. The van der Waals surface area contributed by atoms with Gasteiger partial charge in [-0.1, -0.05) is 0 Å². The molecule has 58 valence electrons. The molecule has 0 saturated heterocycles. The molecule has 0 aliphatic heterocycles. The summed E-state index contributed by atoms with van der Waals surface area (Å²) in [4.78, 5) is -0.105. The largest absolute Gasteiger partial charge is 0.263 e. The first-order chi connectivity index (χ1) is 5.05. The summed E-state index contributed by atoms with van der Waals surface area (Å²) in [5.74, 6) is 0. The Bertz CT molecular complexity index is 400. The van der Waals surface area contributed by atoms with Gasteiger partial charge in [0.05, 0.1) is 5.56 Å². The summed E-state index contributed by atoms with van der Waals surface area (Å²) in [6.45, 7) is 0. The molecule has 0 aliphatic rings. The first kappa shape index (κ1) is 8.53. The molecule has 1 aromatic heterocycles. The van der Waals surface area contributed by atoms with Crippen LogP contribution in [0.1, 0.15) is 5.56 Å². The second-order valence-electron chi connectivity index (χ2n) is 1.70. The fourth-order valence-electron chi connectivity index (χ4n) is 0.556. The standard InChI is InChI=1S/C5H2ClNO2S2/c6-11(8,9)5-3-10-2-4(5)1-7/h2-3H. The van der Waals surface area contributed by atoms with Gasteiger partial charge in [0.1, 0.15) is 11.0 Å². The van der Waals surface area contributed by atoms with Crippen molar-refractivity contribution < 1.29 is 8.42 Å². The third kappa shape index (κ3) is 1.71. The molecule has 0 aliphatic carbocycles. The summed E-state index contributed by atoms with van der Waals surface area (Å²) in [6, 6.07) is 1.73. The Kier molecular flexibility index (Phi) is 2.18. The van der Waals surface area contributed by atoms with Gasteiger partial charge in [0.15, 0.2) is 0 Å². The predicted molar refractivity (Wildman–Crippen MR) is 42.1 cm³/mol. The van der Waals surface area contributed by atoms with Crippen molar-refractivity contribution in [1.82, 2.24) is 0 Å². The number of nitrogens with zero attached hydrogens (tertiary/aromatic N) is 1. The molecule has 0 radical (unpaired) electrons. The van der Waals surface area contributed by atoms with Gasteiger partial charge in [0.25, 0.3) is 9.05 Å². The van der Waals surface area contributed by atoms with E-state index in [2.05, 4.69) is 0 Å². The van der Waals surface area contributed by atoms with E-state index in [1.54, 1.807) is 6.07 Å². The van der Waals surface area contributed by atoms with E-state index in [9.17, 15) is 8.42 Å². The van der Waals surface area contributed by atoms with Crippen LogP contribution < -0.4 is 0 Å². The fraction of sp³-hybridized carbons (Fsp3) is 0. The molecular formula is C5H2ClNO2S2. The lowest BCUT2D eigenvalue weighted by atomic mass is 10.4. The Hall–Kier alpha value is -0.570. The van der Waals surface area contributed by atoms with E-state index < -0.39 is 9.05 Å². The molecular weight excluding hydrogens is 206 g/mol. The SMILES string of the molecule is N#Cc1cscc1S(=O)(=O)Cl. The molecule has 0 saturated carbocycles. The van der Waals surface area contributed by atoms with Crippen LogP contribution in [0.2, 0.25) is 0 Å². The maximum absolute atomic E-state index is 10.7. The van der Waals surface area contributed by atoms with Crippen molar-refractivity contribution in [2.24, 2.45) is 0 Å². The summed E-state index contributed by atoms with van der Waals surface area (Å²) in [5, 5.41) is 11.2. The smallest absolute Gasteiger partial charge is 0.207 e. The minimum atomic E-state index is -3.74. The molecule has 0 unspecified atom stereocenters. The van der Waals surface area contributed by atoms with Crippen LogP contribution in [-0.4, -0.2) is 8.42 Å². The van der Waals surface area contributed by atoms with Gasteiger partial charge in [-0.3, -0.25) is 0 Å². The Morgan fingerprint density at radius 3 is 2.55 bits per heavy atom. The fourth-order valence-corrected chi connectivity index (χ4v) is 2.83. The van der Waals surface area contributed by atoms with E-state index in [0.29, 0.717) is 0 Å². The van der Waals surface area contributed by atoms with E-state index >= 15 is 0 Å². The average molecular weight is 208 g/mol. The summed E-state index contributed by atoms with van der Waals surface area (Å²) < 4.78 is 21.4. The maximum atomic E-state index is 10.7. The van der Waals surface area contributed by atoms with Crippen LogP contribution in [-0.2, 0) is 9.05 Å². The zero-order chi connectivity index (χ0) is 8.48. The maximum Gasteiger partial charge on any atom is 0.263 e. The van der Waals surface area contributed by atoms with Crippen molar-refractivity contribution in [2.75, 3.05) is 0 Å². The van der Waals surface area contributed by atoms with Crippen molar-refractivity contribution in [3.8, 4) is 6.07 Å². The van der Waals surface area contributed by atoms with E-state index in [4.69, 9.17) is 15.9 Å². The van der Waals surface area contributed by atoms with Crippen molar-refractivity contribution in [3.63, 3.8) is 0 Å². The number of nitriles is 1. The van der Waals surface area contributed by atoms with E-state index in [1.165, 1.54) is 10.8 Å². The van der Waals surface area contributed by atoms with Gasteiger partial charge in [-0.25, -0.2) is 8.42 Å². The molecule has 0 bridgehead atoms. The van der Waals surface area contributed by atoms with Crippen molar-refractivity contribution >= 4 is 31.1 Å². The molecule has 0 aromatic carbocycles. The number of hydrogen-bond donors (Lipinski definition) is 0. The second-order valence-corrected chi connectivity index (χ2v) is 4.98. The van der Waals surface area contributed by atoms with Crippen LogP contribution in [0.25, 0.3) is 0 Å². The second kappa shape index (κ2) is 2.81. The van der Waals surface area contributed by atoms with Gasteiger partial charge >= 0.3 is 0 Å². The van der Waals surface area contributed by atoms with Crippen LogP contribution in [0.3, 0.4) is 0 Å². The van der Waals surface area contributed by atoms with E-state index in [0.717, 1.165) is 11.3 Å². The lowest BCUT2D eigenvalue weighted by molar-refractivity contribution is 0.609. The number of thiophene rings is 1. The number of rotatable bonds is 1. The first-order valence-electron chi connectivity index (χ1n) is 2.46. The molecule has 0 amide bonds. The van der Waals surface area contributed by atoms with Gasteiger partial charge in [-0.15, -0.1) is 11.3 Å². The number of hydrogen-bond acceptors (Lipinski definition) is 4. The molecule has 6 heteroatoms. The van der Waals surface area contributed by atoms with E-state index in [-0.39, 0.29) is 10.5 Å². The Morgan fingerprint density at radius 1 is 1.55 bits per heavy atom. The normalized spacial score (nSPS) is 10.9. The Balaban J connectivity index is 3.39. The molecule has 1 aromatic rings. The molecule has 1 rings (SSSR count). The number of halogens is 1. The highest BCUT2D eigenvalue weighted by molar-refractivity contribution is 8.13. The van der Waals surface area contributed by atoms with Gasteiger partial charge in [-0.05, 0) is 0 Å². The Morgan fingerprint density at radius 2 is 2.18 bits per heavy atom.